The maximum atomic E-state index is 12.6. The van der Waals surface area contributed by atoms with Gasteiger partial charge < -0.3 is 5.73 Å². The Kier molecular flexibility index (Phi) is 2.61. The minimum atomic E-state index is -4.46. The van der Waals surface area contributed by atoms with Gasteiger partial charge in [0.15, 0.2) is 0 Å². The van der Waals surface area contributed by atoms with Crippen LogP contribution in [0.5, 0.6) is 0 Å². The minimum Gasteiger partial charge on any atom is -0.368 e. The van der Waals surface area contributed by atoms with Gasteiger partial charge in [-0.25, -0.2) is 0 Å². The van der Waals surface area contributed by atoms with Crippen LogP contribution in [0.1, 0.15) is 17.5 Å². The number of carbonyl (C=O) groups excluding carboxylic acids is 1. The summed E-state index contributed by atoms with van der Waals surface area (Å²) in [5.41, 5.74) is 4.33. The number of fused-ring (bicyclic) bond motifs is 1. The van der Waals surface area contributed by atoms with Crippen molar-refractivity contribution in [3.05, 3.63) is 35.4 Å². The predicted molar refractivity (Wildman–Crippen MR) is 54.8 cm³/mol. The molecule has 6 heteroatoms. The SMILES string of the molecule is NC(=O)C1(CC(F)(F)F)NCc2ccccc21. The first-order chi connectivity index (χ1) is 7.85. The monoisotopic (exact) mass is 244 g/mol. The molecule has 0 aromatic heterocycles. The molecule has 2 rings (SSSR count). The second-order valence-electron chi connectivity index (χ2n) is 4.07. The fourth-order valence-corrected chi connectivity index (χ4v) is 2.20. The van der Waals surface area contributed by atoms with Crippen molar-refractivity contribution in [2.24, 2.45) is 5.73 Å². The fourth-order valence-electron chi connectivity index (χ4n) is 2.20. The number of nitrogens with one attached hydrogen (secondary N) is 1. The van der Waals surface area contributed by atoms with E-state index in [1.54, 1.807) is 18.2 Å². The third kappa shape index (κ3) is 2.00. The molecule has 3 nitrogen and oxygen atoms in total. The van der Waals surface area contributed by atoms with Gasteiger partial charge in [-0.15, -0.1) is 0 Å². The average Bonchev–Trinajstić information content (AvgIpc) is 2.57. The first kappa shape index (κ1) is 11.9. The van der Waals surface area contributed by atoms with E-state index in [0.717, 1.165) is 0 Å². The summed E-state index contributed by atoms with van der Waals surface area (Å²) in [6, 6.07) is 6.50. The fraction of sp³-hybridized carbons (Fsp3) is 0.364. The number of hydrogen-bond donors (Lipinski definition) is 2. The van der Waals surface area contributed by atoms with Crippen LogP contribution in [0.2, 0.25) is 0 Å². The van der Waals surface area contributed by atoms with E-state index in [9.17, 15) is 18.0 Å². The van der Waals surface area contributed by atoms with Crippen LogP contribution in [-0.4, -0.2) is 12.1 Å². The first-order valence-corrected chi connectivity index (χ1v) is 5.05. The molecule has 92 valence electrons. The summed E-state index contributed by atoms with van der Waals surface area (Å²) < 4.78 is 37.7. The smallest absolute Gasteiger partial charge is 0.368 e. The second kappa shape index (κ2) is 3.73. The Bertz CT molecular complexity index is 458. The van der Waals surface area contributed by atoms with Crippen LogP contribution in [0, 0.1) is 0 Å². The van der Waals surface area contributed by atoms with Crippen LogP contribution in [0.25, 0.3) is 0 Å². The largest absolute Gasteiger partial charge is 0.391 e. The van der Waals surface area contributed by atoms with Gasteiger partial charge in [-0.05, 0) is 11.1 Å². The normalized spacial score (nSPS) is 23.5. The van der Waals surface area contributed by atoms with Crippen molar-refractivity contribution in [1.82, 2.24) is 5.32 Å². The molecule has 1 aromatic carbocycles. The highest BCUT2D eigenvalue weighted by molar-refractivity contribution is 5.87. The molecule has 1 atom stereocenters. The Morgan fingerprint density at radius 1 is 1.41 bits per heavy atom. The summed E-state index contributed by atoms with van der Waals surface area (Å²) in [4.78, 5) is 11.4. The molecule has 1 aliphatic heterocycles. The van der Waals surface area contributed by atoms with E-state index in [4.69, 9.17) is 5.73 Å². The van der Waals surface area contributed by atoms with Crippen molar-refractivity contribution < 1.29 is 18.0 Å². The topological polar surface area (TPSA) is 55.1 Å². The van der Waals surface area contributed by atoms with Gasteiger partial charge in [0.2, 0.25) is 5.91 Å². The molecule has 0 fully saturated rings. The van der Waals surface area contributed by atoms with Gasteiger partial charge in [-0.3, -0.25) is 10.1 Å². The molecule has 1 aromatic rings. The van der Waals surface area contributed by atoms with Crippen molar-refractivity contribution in [2.45, 2.75) is 24.7 Å². The van der Waals surface area contributed by atoms with E-state index in [1.807, 2.05) is 0 Å². The maximum absolute atomic E-state index is 12.6. The van der Waals surface area contributed by atoms with E-state index in [2.05, 4.69) is 5.32 Å². The summed E-state index contributed by atoms with van der Waals surface area (Å²) >= 11 is 0. The van der Waals surface area contributed by atoms with Crippen molar-refractivity contribution in [3.8, 4) is 0 Å². The number of primary amides is 1. The first-order valence-electron chi connectivity index (χ1n) is 5.05. The van der Waals surface area contributed by atoms with E-state index in [1.165, 1.54) is 6.07 Å². The van der Waals surface area contributed by atoms with E-state index < -0.39 is 24.0 Å². The number of halogens is 3. The minimum absolute atomic E-state index is 0.217. The number of benzene rings is 1. The average molecular weight is 244 g/mol. The highest BCUT2D eigenvalue weighted by Gasteiger charge is 2.51. The molecule has 0 radical (unpaired) electrons. The molecule has 0 saturated carbocycles. The van der Waals surface area contributed by atoms with Gasteiger partial charge in [0.25, 0.3) is 0 Å². The van der Waals surface area contributed by atoms with Crippen LogP contribution in [0.15, 0.2) is 24.3 Å². The van der Waals surface area contributed by atoms with Crippen LogP contribution in [-0.2, 0) is 16.9 Å². The van der Waals surface area contributed by atoms with Crippen LogP contribution in [0.4, 0.5) is 13.2 Å². The summed E-state index contributed by atoms with van der Waals surface area (Å²) in [6.07, 6.45) is -5.74. The highest BCUT2D eigenvalue weighted by atomic mass is 19.4. The molecule has 0 aliphatic carbocycles. The molecule has 0 spiro atoms. The van der Waals surface area contributed by atoms with Crippen molar-refractivity contribution in [2.75, 3.05) is 0 Å². The van der Waals surface area contributed by atoms with Crippen LogP contribution in [0.3, 0.4) is 0 Å². The Morgan fingerprint density at radius 2 is 2.06 bits per heavy atom. The summed E-state index contributed by atoms with van der Waals surface area (Å²) in [5.74, 6) is -1.00. The standard InChI is InChI=1S/C11H11F3N2O/c12-11(13,14)6-10(9(15)17)8-4-2-1-3-7(8)5-16-10/h1-4,16H,5-6H2,(H2,15,17). The lowest BCUT2D eigenvalue weighted by molar-refractivity contribution is -0.159. The molecule has 1 unspecified atom stereocenters. The van der Waals surface area contributed by atoms with Gasteiger partial charge in [0.05, 0.1) is 6.42 Å². The zero-order chi connectivity index (χ0) is 12.7. The molecule has 3 N–H and O–H groups in total. The third-order valence-electron chi connectivity index (χ3n) is 2.94. The highest BCUT2D eigenvalue weighted by Crippen LogP contribution is 2.39. The maximum Gasteiger partial charge on any atom is 0.391 e. The molecule has 1 amide bonds. The van der Waals surface area contributed by atoms with Gasteiger partial charge in [-0.1, -0.05) is 24.3 Å². The quantitative estimate of drug-likeness (QED) is 0.826. The number of nitrogens with two attached hydrogens (primary N) is 1. The number of amides is 1. The van der Waals surface area contributed by atoms with Gasteiger partial charge in [-0.2, -0.15) is 13.2 Å². The Hall–Kier alpha value is -1.56. The van der Waals surface area contributed by atoms with E-state index >= 15 is 0 Å². The van der Waals surface area contributed by atoms with E-state index in [0.29, 0.717) is 11.1 Å². The molecule has 0 bridgehead atoms. The van der Waals surface area contributed by atoms with Crippen molar-refractivity contribution >= 4 is 5.91 Å². The van der Waals surface area contributed by atoms with Crippen molar-refractivity contribution in [1.29, 1.82) is 0 Å². The molecule has 1 aliphatic rings. The zero-order valence-corrected chi connectivity index (χ0v) is 8.84. The lowest BCUT2D eigenvalue weighted by atomic mass is 9.86. The van der Waals surface area contributed by atoms with Crippen LogP contribution >= 0.6 is 0 Å². The summed E-state index contributed by atoms with van der Waals surface area (Å²) in [6.45, 7) is 0.217. The van der Waals surface area contributed by atoms with Gasteiger partial charge in [0.1, 0.15) is 5.54 Å². The summed E-state index contributed by atoms with van der Waals surface area (Å²) in [7, 11) is 0. The Balaban J connectivity index is 2.49. The number of carbonyl (C=O) groups is 1. The number of hydrogen-bond acceptors (Lipinski definition) is 2. The van der Waals surface area contributed by atoms with E-state index in [-0.39, 0.29) is 6.54 Å². The predicted octanol–water partition coefficient (Wildman–Crippen LogP) is 1.42. The number of rotatable bonds is 2. The number of alkyl halides is 3. The zero-order valence-electron chi connectivity index (χ0n) is 8.84. The van der Waals surface area contributed by atoms with Crippen molar-refractivity contribution in [3.63, 3.8) is 0 Å². The molecule has 1 heterocycles. The van der Waals surface area contributed by atoms with Gasteiger partial charge >= 0.3 is 6.18 Å². The molecular formula is C11H11F3N2O. The van der Waals surface area contributed by atoms with Gasteiger partial charge in [0, 0.05) is 6.54 Å². The Labute approximate surface area is 95.8 Å². The molecule has 0 saturated heterocycles. The van der Waals surface area contributed by atoms with Crippen LogP contribution < -0.4 is 11.1 Å². The Morgan fingerprint density at radius 3 is 2.65 bits per heavy atom. The lowest BCUT2D eigenvalue weighted by Gasteiger charge is -2.28. The summed E-state index contributed by atoms with van der Waals surface area (Å²) in [5, 5.41) is 2.60. The third-order valence-corrected chi connectivity index (χ3v) is 2.94. The molecule has 17 heavy (non-hydrogen) atoms. The second-order valence-corrected chi connectivity index (χ2v) is 4.07. The molecular weight excluding hydrogens is 233 g/mol. The lowest BCUT2D eigenvalue weighted by Crippen LogP contribution is -2.51.